The number of rotatable bonds is 6. The predicted molar refractivity (Wildman–Crippen MR) is 116 cm³/mol. The fourth-order valence-electron chi connectivity index (χ4n) is 3.97. The third-order valence-electron chi connectivity index (χ3n) is 5.20. The van der Waals surface area contributed by atoms with Crippen LogP contribution in [0.2, 0.25) is 0 Å². The summed E-state index contributed by atoms with van der Waals surface area (Å²) >= 11 is 0. The number of benzene rings is 1. The number of allylic oxidation sites excluding steroid dienone is 5. The Morgan fingerprint density at radius 2 is 1.89 bits per heavy atom. The number of para-hydroxylation sites is 1. The van der Waals surface area contributed by atoms with Crippen LogP contribution in [0, 0.1) is 5.92 Å². The Bertz CT molecular complexity index is 741. The van der Waals surface area contributed by atoms with Crippen LogP contribution in [0.5, 0.6) is 0 Å². The van der Waals surface area contributed by atoms with E-state index in [9.17, 15) is 4.79 Å². The largest absolute Gasteiger partial charge is 0.378 e. The summed E-state index contributed by atoms with van der Waals surface area (Å²) in [5.74, 6) is 0.429. The zero-order chi connectivity index (χ0) is 20.0. The van der Waals surface area contributed by atoms with E-state index in [1.807, 2.05) is 11.0 Å². The van der Waals surface area contributed by atoms with Crippen molar-refractivity contribution in [2.75, 3.05) is 4.90 Å². The van der Waals surface area contributed by atoms with E-state index in [2.05, 4.69) is 82.4 Å². The lowest BCUT2D eigenvalue weighted by Crippen LogP contribution is -2.50. The molecule has 146 valence electrons. The molecule has 1 N–H and O–H groups in total. The van der Waals surface area contributed by atoms with Gasteiger partial charge in [0.15, 0.2) is 0 Å². The second-order valence-corrected chi connectivity index (χ2v) is 7.58. The minimum atomic E-state index is 0.118. The molecule has 0 saturated heterocycles. The Hall–Kier alpha value is -2.29. The van der Waals surface area contributed by atoms with E-state index in [0.29, 0.717) is 5.92 Å². The van der Waals surface area contributed by atoms with Crippen molar-refractivity contribution in [3.05, 3.63) is 65.4 Å². The van der Waals surface area contributed by atoms with Crippen molar-refractivity contribution in [1.29, 1.82) is 0 Å². The van der Waals surface area contributed by atoms with Crippen LogP contribution < -0.4 is 10.2 Å². The lowest BCUT2D eigenvalue weighted by atomic mass is 9.81. The van der Waals surface area contributed by atoms with E-state index in [-0.39, 0.29) is 18.0 Å². The number of carbonyl (C=O) groups is 1. The van der Waals surface area contributed by atoms with Gasteiger partial charge in [0.2, 0.25) is 5.91 Å². The predicted octanol–water partition coefficient (Wildman–Crippen LogP) is 5.91. The van der Waals surface area contributed by atoms with E-state index in [0.717, 1.165) is 24.2 Å². The normalized spacial score (nSPS) is 22.5. The number of carbonyl (C=O) groups excluding carboxylic acids is 1. The maximum Gasteiger partial charge on any atom is 0.224 e. The molecule has 3 heteroatoms. The number of hydrogen-bond acceptors (Lipinski definition) is 2. The smallest absolute Gasteiger partial charge is 0.224 e. The lowest BCUT2D eigenvalue weighted by Gasteiger charge is -2.45. The summed E-state index contributed by atoms with van der Waals surface area (Å²) in [5.41, 5.74) is 4.65. The molecule has 0 bridgehead atoms. The molecule has 3 nitrogen and oxygen atoms in total. The van der Waals surface area contributed by atoms with E-state index >= 15 is 0 Å². The summed E-state index contributed by atoms with van der Waals surface area (Å²) in [4.78, 5) is 14.4. The number of nitrogens with zero attached hydrogens (tertiary/aromatic N) is 1. The summed E-state index contributed by atoms with van der Waals surface area (Å²) in [6, 6.07) is 8.67. The van der Waals surface area contributed by atoms with Gasteiger partial charge in [-0.25, -0.2) is 0 Å². The van der Waals surface area contributed by atoms with Crippen LogP contribution in [0.1, 0.15) is 66.0 Å². The molecule has 2 rings (SSSR count). The quantitative estimate of drug-likeness (QED) is 0.634. The van der Waals surface area contributed by atoms with Crippen LogP contribution in [-0.4, -0.2) is 11.9 Å². The highest BCUT2D eigenvalue weighted by Gasteiger charge is 2.39. The molecular weight excluding hydrogens is 332 g/mol. The topological polar surface area (TPSA) is 32.3 Å². The molecule has 0 aliphatic carbocycles. The van der Waals surface area contributed by atoms with Gasteiger partial charge in [-0.1, -0.05) is 62.8 Å². The lowest BCUT2D eigenvalue weighted by molar-refractivity contribution is -0.117. The minimum absolute atomic E-state index is 0.118. The molecule has 1 aliphatic heterocycles. The Morgan fingerprint density at radius 3 is 2.48 bits per heavy atom. The second-order valence-electron chi connectivity index (χ2n) is 7.58. The first-order valence-electron chi connectivity index (χ1n) is 10.1. The van der Waals surface area contributed by atoms with Crippen molar-refractivity contribution >= 4 is 11.6 Å². The van der Waals surface area contributed by atoms with E-state index in [4.69, 9.17) is 0 Å². The summed E-state index contributed by atoms with van der Waals surface area (Å²) in [6.45, 7) is 12.4. The van der Waals surface area contributed by atoms with Gasteiger partial charge in [0.1, 0.15) is 0 Å². The molecule has 27 heavy (non-hydrogen) atoms. The maximum absolute atomic E-state index is 12.4. The first kappa shape index (κ1) is 21.0. The van der Waals surface area contributed by atoms with E-state index in [1.54, 1.807) is 6.92 Å². The van der Waals surface area contributed by atoms with Gasteiger partial charge < -0.3 is 10.2 Å². The van der Waals surface area contributed by atoms with Crippen molar-refractivity contribution in [3.63, 3.8) is 0 Å². The Balaban J connectivity index is 2.43. The summed E-state index contributed by atoms with van der Waals surface area (Å²) in [5, 5.41) is 3.77. The molecule has 0 radical (unpaired) electrons. The summed E-state index contributed by atoms with van der Waals surface area (Å²) in [6.07, 6.45) is 10.5. The molecule has 0 fully saturated rings. The highest BCUT2D eigenvalue weighted by Crippen LogP contribution is 2.42. The highest BCUT2D eigenvalue weighted by atomic mass is 16.2. The van der Waals surface area contributed by atoms with Crippen molar-refractivity contribution in [2.24, 2.45) is 5.92 Å². The standard InChI is InChI=1S/C24H34N2O/c1-7-12-20(14-11-13-17(3)4)25-24-18(5)22(8-2)26(19(6)27)23-16-10-9-15-21(23)24/h9-16,18,22,24-25H,7-8H2,1-6H3/b14-11-,20-12-/t18-,22?,24?/m1/s1. The van der Waals surface area contributed by atoms with Gasteiger partial charge in [-0.15, -0.1) is 0 Å². The minimum Gasteiger partial charge on any atom is -0.378 e. The fraction of sp³-hybridized carbons (Fsp3) is 0.458. The van der Waals surface area contributed by atoms with Crippen LogP contribution >= 0.6 is 0 Å². The molecule has 1 heterocycles. The Morgan fingerprint density at radius 1 is 1.19 bits per heavy atom. The van der Waals surface area contributed by atoms with Crippen LogP contribution in [0.25, 0.3) is 0 Å². The number of fused-ring (bicyclic) bond motifs is 1. The van der Waals surface area contributed by atoms with Crippen LogP contribution in [0.4, 0.5) is 5.69 Å². The number of anilines is 1. The van der Waals surface area contributed by atoms with Gasteiger partial charge in [-0.2, -0.15) is 0 Å². The van der Waals surface area contributed by atoms with Crippen LogP contribution in [0.3, 0.4) is 0 Å². The average molecular weight is 367 g/mol. The van der Waals surface area contributed by atoms with E-state index in [1.165, 1.54) is 11.1 Å². The second kappa shape index (κ2) is 9.59. The molecule has 0 aromatic heterocycles. The van der Waals surface area contributed by atoms with Gasteiger partial charge >= 0.3 is 0 Å². The van der Waals surface area contributed by atoms with Gasteiger partial charge in [0, 0.05) is 30.3 Å². The SMILES string of the molecule is CC/C=C(/C=C\C=C(C)C)NC1c2ccccc2N(C(C)=O)C(CC)[C@H]1C. The van der Waals surface area contributed by atoms with Gasteiger partial charge in [-0.3, -0.25) is 4.79 Å². The molecule has 1 aliphatic rings. The van der Waals surface area contributed by atoms with Crippen molar-refractivity contribution in [2.45, 2.75) is 66.5 Å². The monoisotopic (exact) mass is 366 g/mol. The van der Waals surface area contributed by atoms with Crippen LogP contribution in [0.15, 0.2) is 59.8 Å². The molecular formula is C24H34N2O. The summed E-state index contributed by atoms with van der Waals surface area (Å²) in [7, 11) is 0. The van der Waals surface area contributed by atoms with Gasteiger partial charge in [-0.05, 0) is 44.4 Å². The molecule has 1 aromatic rings. The average Bonchev–Trinajstić information content (AvgIpc) is 2.62. The molecule has 0 saturated carbocycles. The first-order chi connectivity index (χ1) is 12.9. The third-order valence-corrected chi connectivity index (χ3v) is 5.20. The number of hydrogen-bond donors (Lipinski definition) is 1. The molecule has 1 aromatic carbocycles. The van der Waals surface area contributed by atoms with E-state index < -0.39 is 0 Å². The zero-order valence-corrected chi connectivity index (χ0v) is 17.6. The molecule has 1 amide bonds. The van der Waals surface area contributed by atoms with Crippen LogP contribution in [-0.2, 0) is 4.79 Å². The van der Waals surface area contributed by atoms with Crippen molar-refractivity contribution in [1.82, 2.24) is 5.32 Å². The Labute approximate surface area is 164 Å². The molecule has 2 unspecified atom stereocenters. The third kappa shape index (κ3) is 4.91. The summed E-state index contributed by atoms with van der Waals surface area (Å²) < 4.78 is 0. The highest BCUT2D eigenvalue weighted by molar-refractivity contribution is 5.93. The maximum atomic E-state index is 12.4. The van der Waals surface area contributed by atoms with Crippen molar-refractivity contribution < 1.29 is 4.79 Å². The van der Waals surface area contributed by atoms with Crippen molar-refractivity contribution in [3.8, 4) is 0 Å². The zero-order valence-electron chi connectivity index (χ0n) is 17.6. The number of amides is 1. The molecule has 0 spiro atoms. The Kier molecular flexibility index (Phi) is 7.46. The fourth-order valence-corrected chi connectivity index (χ4v) is 3.97. The van der Waals surface area contributed by atoms with Gasteiger partial charge in [0.05, 0.1) is 6.04 Å². The number of nitrogens with one attached hydrogen (secondary N) is 1. The first-order valence-corrected chi connectivity index (χ1v) is 10.1. The van der Waals surface area contributed by atoms with Gasteiger partial charge in [0.25, 0.3) is 0 Å². The molecule has 3 atom stereocenters.